The third-order valence-electron chi connectivity index (χ3n) is 4.10. The van der Waals surface area contributed by atoms with Crippen LogP contribution < -0.4 is 16.0 Å². The van der Waals surface area contributed by atoms with E-state index in [0.29, 0.717) is 5.41 Å². The molecular weight excluding hydrogens is 252 g/mol. The summed E-state index contributed by atoms with van der Waals surface area (Å²) >= 11 is 0. The Morgan fingerprint density at radius 3 is 2.35 bits per heavy atom. The SMILES string of the molecule is CN=C(NCC(=O)NC(C)(C)C)NCC1(C2CC2)CC1. The largest absolute Gasteiger partial charge is 0.356 e. The fourth-order valence-electron chi connectivity index (χ4n) is 2.69. The first-order chi connectivity index (χ1) is 9.35. The molecule has 20 heavy (non-hydrogen) atoms. The van der Waals surface area contributed by atoms with Crippen LogP contribution in [0.3, 0.4) is 0 Å². The summed E-state index contributed by atoms with van der Waals surface area (Å²) in [5, 5.41) is 9.38. The average Bonchev–Trinajstić information content (AvgIpc) is 3.20. The third-order valence-corrected chi connectivity index (χ3v) is 4.10. The summed E-state index contributed by atoms with van der Waals surface area (Å²) in [6.07, 6.45) is 5.46. The summed E-state index contributed by atoms with van der Waals surface area (Å²) in [6, 6.07) is 0. The van der Waals surface area contributed by atoms with Crippen molar-refractivity contribution in [2.75, 3.05) is 20.1 Å². The highest BCUT2D eigenvalue weighted by molar-refractivity contribution is 5.86. The highest BCUT2D eigenvalue weighted by Gasteiger charge is 2.53. The zero-order valence-electron chi connectivity index (χ0n) is 13.2. The predicted octanol–water partition coefficient (Wildman–Crippen LogP) is 1.26. The van der Waals surface area contributed by atoms with Crippen LogP contribution in [0.15, 0.2) is 4.99 Å². The van der Waals surface area contributed by atoms with Crippen LogP contribution in [0, 0.1) is 11.3 Å². The Balaban J connectivity index is 1.69. The van der Waals surface area contributed by atoms with Gasteiger partial charge in [-0.25, -0.2) is 0 Å². The second-order valence-corrected chi connectivity index (χ2v) is 7.21. The third kappa shape index (κ3) is 4.39. The topological polar surface area (TPSA) is 65.5 Å². The van der Waals surface area contributed by atoms with Crippen molar-refractivity contribution in [1.82, 2.24) is 16.0 Å². The minimum atomic E-state index is -0.195. The molecule has 2 rings (SSSR count). The van der Waals surface area contributed by atoms with Gasteiger partial charge in [-0.3, -0.25) is 9.79 Å². The zero-order valence-corrected chi connectivity index (χ0v) is 13.2. The Labute approximate surface area is 122 Å². The van der Waals surface area contributed by atoms with Gasteiger partial charge in [0.25, 0.3) is 0 Å². The molecule has 0 radical (unpaired) electrons. The van der Waals surface area contributed by atoms with Gasteiger partial charge in [0.05, 0.1) is 6.54 Å². The molecule has 0 aliphatic heterocycles. The number of rotatable bonds is 5. The van der Waals surface area contributed by atoms with E-state index in [9.17, 15) is 4.79 Å². The molecule has 0 bridgehead atoms. The van der Waals surface area contributed by atoms with E-state index >= 15 is 0 Å². The second-order valence-electron chi connectivity index (χ2n) is 7.21. The van der Waals surface area contributed by atoms with Crippen molar-refractivity contribution in [3.05, 3.63) is 0 Å². The molecule has 0 saturated heterocycles. The molecule has 2 fully saturated rings. The van der Waals surface area contributed by atoms with Crippen LogP contribution in [0.4, 0.5) is 0 Å². The van der Waals surface area contributed by atoms with Gasteiger partial charge in [-0.15, -0.1) is 0 Å². The Hall–Kier alpha value is -1.26. The smallest absolute Gasteiger partial charge is 0.239 e. The number of hydrogen-bond donors (Lipinski definition) is 3. The van der Waals surface area contributed by atoms with Gasteiger partial charge in [0.2, 0.25) is 5.91 Å². The van der Waals surface area contributed by atoms with Crippen molar-refractivity contribution in [3.8, 4) is 0 Å². The van der Waals surface area contributed by atoms with Crippen LogP contribution in [-0.2, 0) is 4.79 Å². The minimum absolute atomic E-state index is 0.0104. The number of amides is 1. The number of nitrogens with one attached hydrogen (secondary N) is 3. The summed E-state index contributed by atoms with van der Waals surface area (Å²) in [5.41, 5.74) is 0.338. The predicted molar refractivity (Wildman–Crippen MR) is 81.7 cm³/mol. The van der Waals surface area contributed by atoms with Crippen molar-refractivity contribution < 1.29 is 4.79 Å². The molecule has 1 amide bonds. The molecule has 2 saturated carbocycles. The Morgan fingerprint density at radius 1 is 1.25 bits per heavy atom. The van der Waals surface area contributed by atoms with Crippen LogP contribution in [0.5, 0.6) is 0 Å². The van der Waals surface area contributed by atoms with Crippen molar-refractivity contribution >= 4 is 11.9 Å². The quantitative estimate of drug-likeness (QED) is 0.525. The molecule has 0 heterocycles. The summed E-state index contributed by atoms with van der Waals surface area (Å²) in [5.74, 6) is 1.64. The monoisotopic (exact) mass is 280 g/mol. The van der Waals surface area contributed by atoms with Gasteiger partial charge in [0.15, 0.2) is 5.96 Å². The van der Waals surface area contributed by atoms with Crippen LogP contribution in [0.2, 0.25) is 0 Å². The first-order valence-electron chi connectivity index (χ1n) is 7.60. The maximum absolute atomic E-state index is 11.8. The Bertz CT molecular complexity index is 389. The zero-order chi connectivity index (χ0) is 14.8. The first kappa shape index (κ1) is 15.1. The van der Waals surface area contributed by atoms with E-state index in [0.717, 1.165) is 18.4 Å². The van der Waals surface area contributed by atoms with Gasteiger partial charge in [0, 0.05) is 19.1 Å². The lowest BCUT2D eigenvalue weighted by molar-refractivity contribution is -0.121. The van der Waals surface area contributed by atoms with Gasteiger partial charge < -0.3 is 16.0 Å². The molecule has 0 aromatic heterocycles. The van der Waals surface area contributed by atoms with Gasteiger partial charge in [-0.2, -0.15) is 0 Å². The molecule has 5 nitrogen and oxygen atoms in total. The van der Waals surface area contributed by atoms with E-state index in [1.807, 2.05) is 20.8 Å². The molecule has 114 valence electrons. The fraction of sp³-hybridized carbons (Fsp3) is 0.867. The summed E-state index contributed by atoms with van der Waals surface area (Å²) in [7, 11) is 1.74. The maximum atomic E-state index is 11.8. The lowest BCUT2D eigenvalue weighted by atomic mass is 10.0. The standard InChI is InChI=1S/C15H28N4O/c1-14(2,3)19-12(20)9-17-13(16-4)18-10-15(7-8-15)11-5-6-11/h11H,5-10H2,1-4H3,(H,19,20)(H2,16,17,18). The molecule has 0 spiro atoms. The molecule has 2 aliphatic rings. The minimum Gasteiger partial charge on any atom is -0.356 e. The van der Waals surface area contributed by atoms with E-state index in [2.05, 4.69) is 20.9 Å². The van der Waals surface area contributed by atoms with Crippen LogP contribution in [-0.4, -0.2) is 37.5 Å². The normalized spacial score (nSPS) is 21.3. The summed E-state index contributed by atoms with van der Waals surface area (Å²) < 4.78 is 0. The van der Waals surface area contributed by atoms with Gasteiger partial charge >= 0.3 is 0 Å². The molecule has 0 aromatic carbocycles. The van der Waals surface area contributed by atoms with Crippen LogP contribution in [0.1, 0.15) is 46.5 Å². The molecular formula is C15H28N4O. The van der Waals surface area contributed by atoms with Crippen LogP contribution >= 0.6 is 0 Å². The Morgan fingerprint density at radius 2 is 1.90 bits per heavy atom. The van der Waals surface area contributed by atoms with Crippen molar-refractivity contribution in [2.24, 2.45) is 16.3 Å². The lowest BCUT2D eigenvalue weighted by Gasteiger charge is -2.21. The Kier molecular flexibility index (Phi) is 4.25. The average molecular weight is 280 g/mol. The van der Waals surface area contributed by atoms with E-state index in [1.54, 1.807) is 7.05 Å². The van der Waals surface area contributed by atoms with E-state index in [-0.39, 0.29) is 18.0 Å². The highest BCUT2D eigenvalue weighted by Crippen LogP contribution is 2.60. The molecule has 2 aliphatic carbocycles. The maximum Gasteiger partial charge on any atom is 0.239 e. The van der Waals surface area contributed by atoms with E-state index in [1.165, 1.54) is 25.7 Å². The number of aliphatic imine (C=N–C) groups is 1. The summed E-state index contributed by atoms with van der Waals surface area (Å²) in [4.78, 5) is 15.9. The molecule has 0 unspecified atom stereocenters. The van der Waals surface area contributed by atoms with Crippen molar-refractivity contribution in [3.63, 3.8) is 0 Å². The van der Waals surface area contributed by atoms with Gasteiger partial charge in [-0.05, 0) is 57.8 Å². The fourth-order valence-corrected chi connectivity index (χ4v) is 2.69. The number of hydrogen-bond acceptors (Lipinski definition) is 2. The lowest BCUT2D eigenvalue weighted by Crippen LogP contribution is -2.48. The molecule has 0 aromatic rings. The second kappa shape index (κ2) is 5.62. The van der Waals surface area contributed by atoms with Gasteiger partial charge in [0.1, 0.15) is 0 Å². The summed E-state index contributed by atoms with van der Waals surface area (Å²) in [6.45, 7) is 7.17. The first-order valence-corrected chi connectivity index (χ1v) is 7.60. The van der Waals surface area contributed by atoms with Crippen molar-refractivity contribution in [2.45, 2.75) is 52.0 Å². The van der Waals surface area contributed by atoms with E-state index < -0.39 is 0 Å². The number of carbonyl (C=O) groups excluding carboxylic acids is 1. The molecule has 0 atom stereocenters. The number of guanidine groups is 1. The number of nitrogens with zero attached hydrogens (tertiary/aromatic N) is 1. The van der Waals surface area contributed by atoms with Crippen molar-refractivity contribution in [1.29, 1.82) is 0 Å². The molecule has 5 heteroatoms. The van der Waals surface area contributed by atoms with Crippen LogP contribution in [0.25, 0.3) is 0 Å². The number of carbonyl (C=O) groups is 1. The highest BCUT2D eigenvalue weighted by atomic mass is 16.2. The molecule has 3 N–H and O–H groups in total. The van der Waals surface area contributed by atoms with Gasteiger partial charge in [-0.1, -0.05) is 0 Å². The van der Waals surface area contributed by atoms with E-state index in [4.69, 9.17) is 0 Å².